The first-order chi connectivity index (χ1) is 8.70. The Kier molecular flexibility index (Phi) is 4.44. The maximum Gasteiger partial charge on any atom is 0.129 e. The fraction of sp³-hybridized carbons (Fsp3) is 0.462. The summed E-state index contributed by atoms with van der Waals surface area (Å²) in [5, 5.41) is 4.06. The van der Waals surface area contributed by atoms with Crippen LogP contribution in [0.4, 0.5) is 0 Å². The molecule has 1 N–H and O–H groups in total. The standard InChI is InChI=1S/C13H19ClN4/c1-3-5-15-7-11-4-6-18(9-11)10-13-16-8-12(14)17(13)2/h4,6,8-9,15H,3,5,7,10H2,1-2H3. The summed E-state index contributed by atoms with van der Waals surface area (Å²) in [4.78, 5) is 4.29. The van der Waals surface area contributed by atoms with Crippen LogP contribution in [0.3, 0.4) is 0 Å². The Morgan fingerprint density at radius 3 is 2.94 bits per heavy atom. The Morgan fingerprint density at radius 1 is 1.44 bits per heavy atom. The van der Waals surface area contributed by atoms with Gasteiger partial charge in [0.25, 0.3) is 0 Å². The maximum absolute atomic E-state index is 5.97. The van der Waals surface area contributed by atoms with Crippen molar-refractivity contribution >= 4 is 11.6 Å². The Hall–Kier alpha value is -1.26. The molecule has 0 amide bonds. The van der Waals surface area contributed by atoms with E-state index in [1.54, 1.807) is 6.20 Å². The molecule has 0 unspecified atom stereocenters. The molecule has 0 aliphatic heterocycles. The molecule has 98 valence electrons. The van der Waals surface area contributed by atoms with Crippen molar-refractivity contribution in [3.05, 3.63) is 41.2 Å². The van der Waals surface area contributed by atoms with Crippen LogP contribution >= 0.6 is 11.6 Å². The number of imidazole rings is 1. The van der Waals surface area contributed by atoms with Gasteiger partial charge in [-0.05, 0) is 24.6 Å². The van der Waals surface area contributed by atoms with E-state index < -0.39 is 0 Å². The molecular weight excluding hydrogens is 248 g/mol. The van der Waals surface area contributed by atoms with E-state index in [1.165, 1.54) is 5.56 Å². The second-order valence-electron chi connectivity index (χ2n) is 4.43. The number of nitrogens with one attached hydrogen (secondary N) is 1. The Morgan fingerprint density at radius 2 is 2.28 bits per heavy atom. The van der Waals surface area contributed by atoms with Crippen LogP contribution in [0.5, 0.6) is 0 Å². The van der Waals surface area contributed by atoms with Gasteiger partial charge in [0.15, 0.2) is 0 Å². The highest BCUT2D eigenvalue weighted by atomic mass is 35.5. The normalized spacial score (nSPS) is 11.1. The molecule has 0 atom stereocenters. The topological polar surface area (TPSA) is 34.8 Å². The quantitative estimate of drug-likeness (QED) is 0.815. The summed E-state index contributed by atoms with van der Waals surface area (Å²) in [7, 11) is 1.93. The molecule has 0 radical (unpaired) electrons. The summed E-state index contributed by atoms with van der Waals surface area (Å²) in [5.41, 5.74) is 1.30. The van der Waals surface area contributed by atoms with Gasteiger partial charge in [0.1, 0.15) is 11.0 Å². The van der Waals surface area contributed by atoms with Gasteiger partial charge in [-0.25, -0.2) is 4.98 Å². The van der Waals surface area contributed by atoms with E-state index in [-0.39, 0.29) is 0 Å². The van der Waals surface area contributed by atoms with Crippen LogP contribution in [0.25, 0.3) is 0 Å². The minimum atomic E-state index is 0.669. The fourth-order valence-corrected chi connectivity index (χ4v) is 1.98. The number of halogens is 1. The van der Waals surface area contributed by atoms with E-state index in [4.69, 9.17) is 11.6 Å². The first-order valence-corrected chi connectivity index (χ1v) is 6.60. The lowest BCUT2D eigenvalue weighted by Gasteiger charge is -2.04. The van der Waals surface area contributed by atoms with E-state index in [1.807, 2.05) is 11.6 Å². The number of aromatic nitrogens is 3. The zero-order valence-corrected chi connectivity index (χ0v) is 11.6. The lowest BCUT2D eigenvalue weighted by atomic mass is 10.3. The van der Waals surface area contributed by atoms with Crippen molar-refractivity contribution < 1.29 is 0 Å². The van der Waals surface area contributed by atoms with Gasteiger partial charge in [-0.3, -0.25) is 0 Å². The van der Waals surface area contributed by atoms with Crippen molar-refractivity contribution in [1.29, 1.82) is 0 Å². The van der Waals surface area contributed by atoms with Gasteiger partial charge >= 0.3 is 0 Å². The molecule has 2 aromatic rings. The monoisotopic (exact) mass is 266 g/mol. The Balaban J connectivity index is 1.96. The van der Waals surface area contributed by atoms with Gasteiger partial charge in [-0.2, -0.15) is 0 Å². The van der Waals surface area contributed by atoms with Crippen LogP contribution in [0.2, 0.25) is 5.15 Å². The Labute approximate surface area is 113 Å². The molecule has 0 aromatic carbocycles. The first kappa shape index (κ1) is 13.2. The van der Waals surface area contributed by atoms with Crippen molar-refractivity contribution in [2.24, 2.45) is 7.05 Å². The zero-order chi connectivity index (χ0) is 13.0. The predicted molar refractivity (Wildman–Crippen MR) is 73.7 cm³/mol. The van der Waals surface area contributed by atoms with E-state index in [2.05, 4.69) is 40.3 Å². The number of hydrogen-bond acceptors (Lipinski definition) is 2. The predicted octanol–water partition coefficient (Wildman–Crippen LogP) is 2.42. The summed E-state index contributed by atoms with van der Waals surface area (Å²) < 4.78 is 4.03. The Bertz CT molecular complexity index is 501. The average molecular weight is 267 g/mol. The number of nitrogens with zero attached hydrogens (tertiary/aromatic N) is 3. The molecule has 0 aliphatic rings. The number of hydrogen-bond donors (Lipinski definition) is 1. The molecule has 0 aliphatic carbocycles. The number of rotatable bonds is 6. The van der Waals surface area contributed by atoms with Crippen molar-refractivity contribution in [3.63, 3.8) is 0 Å². The molecule has 2 rings (SSSR count). The lowest BCUT2D eigenvalue weighted by molar-refractivity contribution is 0.668. The average Bonchev–Trinajstić information content (AvgIpc) is 2.92. The van der Waals surface area contributed by atoms with Crippen LogP contribution < -0.4 is 5.32 Å². The SMILES string of the molecule is CCCNCc1ccn(Cc2ncc(Cl)n2C)c1. The molecule has 4 nitrogen and oxygen atoms in total. The summed E-state index contributed by atoms with van der Waals surface area (Å²) in [6.07, 6.45) is 7.06. The fourth-order valence-electron chi connectivity index (χ4n) is 1.84. The minimum Gasteiger partial charge on any atom is -0.346 e. The zero-order valence-electron chi connectivity index (χ0n) is 10.9. The third-order valence-corrected chi connectivity index (χ3v) is 3.27. The summed E-state index contributed by atoms with van der Waals surface area (Å²) in [6.45, 7) is 4.89. The van der Waals surface area contributed by atoms with Crippen LogP contribution in [0.1, 0.15) is 24.7 Å². The molecule has 0 saturated heterocycles. The van der Waals surface area contributed by atoms with Gasteiger partial charge in [0.2, 0.25) is 0 Å². The first-order valence-electron chi connectivity index (χ1n) is 6.22. The molecule has 5 heteroatoms. The van der Waals surface area contributed by atoms with Gasteiger partial charge < -0.3 is 14.5 Å². The van der Waals surface area contributed by atoms with Gasteiger partial charge in [-0.1, -0.05) is 18.5 Å². The molecule has 18 heavy (non-hydrogen) atoms. The van der Waals surface area contributed by atoms with E-state index in [0.717, 1.165) is 31.9 Å². The molecular formula is C13H19ClN4. The van der Waals surface area contributed by atoms with Crippen LogP contribution in [-0.2, 0) is 20.1 Å². The molecule has 0 saturated carbocycles. The highest BCUT2D eigenvalue weighted by Gasteiger charge is 2.05. The van der Waals surface area contributed by atoms with Crippen LogP contribution in [-0.4, -0.2) is 20.7 Å². The van der Waals surface area contributed by atoms with E-state index >= 15 is 0 Å². The summed E-state index contributed by atoms with van der Waals surface area (Å²) >= 11 is 5.97. The second-order valence-corrected chi connectivity index (χ2v) is 4.81. The van der Waals surface area contributed by atoms with Crippen LogP contribution in [0, 0.1) is 0 Å². The second kappa shape index (κ2) is 6.07. The molecule has 2 aromatic heterocycles. The van der Waals surface area contributed by atoms with Crippen molar-refractivity contribution in [1.82, 2.24) is 19.4 Å². The maximum atomic E-state index is 5.97. The minimum absolute atomic E-state index is 0.669. The van der Waals surface area contributed by atoms with E-state index in [9.17, 15) is 0 Å². The third-order valence-electron chi connectivity index (χ3n) is 2.92. The molecule has 0 fully saturated rings. The smallest absolute Gasteiger partial charge is 0.129 e. The largest absolute Gasteiger partial charge is 0.346 e. The molecule has 0 spiro atoms. The van der Waals surface area contributed by atoms with Crippen LogP contribution in [0.15, 0.2) is 24.7 Å². The van der Waals surface area contributed by atoms with Crippen molar-refractivity contribution in [2.45, 2.75) is 26.4 Å². The summed E-state index contributed by atoms with van der Waals surface area (Å²) in [6, 6.07) is 2.13. The third kappa shape index (κ3) is 3.15. The van der Waals surface area contributed by atoms with Crippen molar-refractivity contribution in [2.75, 3.05) is 6.54 Å². The van der Waals surface area contributed by atoms with Crippen molar-refractivity contribution in [3.8, 4) is 0 Å². The highest BCUT2D eigenvalue weighted by Crippen LogP contribution is 2.11. The van der Waals surface area contributed by atoms with Gasteiger partial charge in [0.05, 0.1) is 12.7 Å². The molecule has 0 bridgehead atoms. The summed E-state index contributed by atoms with van der Waals surface area (Å²) in [5.74, 6) is 0.962. The van der Waals surface area contributed by atoms with Gasteiger partial charge in [-0.15, -0.1) is 0 Å². The molecule has 2 heterocycles. The highest BCUT2D eigenvalue weighted by molar-refractivity contribution is 6.29. The van der Waals surface area contributed by atoms with Gasteiger partial charge in [0, 0.05) is 26.0 Å². The van der Waals surface area contributed by atoms with E-state index in [0.29, 0.717) is 5.15 Å². The lowest BCUT2D eigenvalue weighted by Crippen LogP contribution is -2.13.